The summed E-state index contributed by atoms with van der Waals surface area (Å²) >= 11 is 0. The summed E-state index contributed by atoms with van der Waals surface area (Å²) in [5.74, 6) is 0.590. The molecule has 1 amide bonds. The van der Waals surface area contributed by atoms with Gasteiger partial charge in [0.05, 0.1) is 13.2 Å². The molecule has 1 aromatic heterocycles. The first-order chi connectivity index (χ1) is 16.9. The zero-order valence-electron chi connectivity index (χ0n) is 20.6. The molecule has 2 aromatic carbocycles. The zero-order valence-corrected chi connectivity index (χ0v) is 20.6. The van der Waals surface area contributed by atoms with E-state index in [2.05, 4.69) is 24.0 Å². The molecule has 0 aliphatic carbocycles. The molecule has 1 saturated heterocycles. The van der Waals surface area contributed by atoms with Gasteiger partial charge in [0.15, 0.2) is 5.56 Å². The number of carbonyl (C=O) groups excluding carboxylic acids is 1. The Labute approximate surface area is 206 Å². The van der Waals surface area contributed by atoms with Crippen LogP contribution >= 0.6 is 0 Å². The molecule has 1 N–H and O–H groups in total. The molecule has 1 aliphatic rings. The molecule has 3 aromatic rings. The normalized spacial score (nSPS) is 16.3. The summed E-state index contributed by atoms with van der Waals surface area (Å²) in [7, 11) is 1.60. The van der Waals surface area contributed by atoms with Gasteiger partial charge >= 0.3 is 0 Å². The van der Waals surface area contributed by atoms with E-state index in [-0.39, 0.29) is 23.4 Å². The van der Waals surface area contributed by atoms with Gasteiger partial charge in [0, 0.05) is 25.4 Å². The first kappa shape index (κ1) is 24.5. The maximum atomic E-state index is 13.5. The van der Waals surface area contributed by atoms with E-state index < -0.39 is 11.5 Å². The molecular weight excluding hydrogens is 442 g/mol. The highest BCUT2D eigenvalue weighted by Gasteiger charge is 2.33. The van der Waals surface area contributed by atoms with Crippen LogP contribution in [-0.2, 0) is 6.42 Å². The number of likely N-dealkylation sites (tertiary alicyclic amines) is 1. The smallest absolute Gasteiger partial charge is 0.289 e. The number of aromatic hydroxyl groups is 1. The first-order valence-electron chi connectivity index (χ1n) is 12.3. The Morgan fingerprint density at radius 2 is 1.97 bits per heavy atom. The predicted molar refractivity (Wildman–Crippen MR) is 135 cm³/mol. The van der Waals surface area contributed by atoms with Crippen molar-refractivity contribution in [2.75, 3.05) is 20.2 Å². The summed E-state index contributed by atoms with van der Waals surface area (Å²) in [5, 5.41) is 11.4. The zero-order chi connectivity index (χ0) is 24.9. The summed E-state index contributed by atoms with van der Waals surface area (Å²) in [4.78, 5) is 32.5. The molecule has 2 atom stereocenters. The van der Waals surface area contributed by atoms with Gasteiger partial charge in [-0.05, 0) is 43.0 Å². The average molecular weight is 476 g/mol. The van der Waals surface area contributed by atoms with Crippen molar-refractivity contribution in [2.24, 2.45) is 0 Å². The number of aryl methyl sites for hydroxylation is 1. The van der Waals surface area contributed by atoms with Crippen molar-refractivity contribution in [3.63, 3.8) is 0 Å². The molecule has 0 radical (unpaired) electrons. The number of amides is 1. The predicted octanol–water partition coefficient (Wildman–Crippen LogP) is 4.54. The van der Waals surface area contributed by atoms with Gasteiger partial charge in [-0.3, -0.25) is 14.2 Å². The molecule has 0 bridgehead atoms. The Morgan fingerprint density at radius 3 is 2.69 bits per heavy atom. The molecule has 7 heteroatoms. The summed E-state index contributed by atoms with van der Waals surface area (Å²) in [5.41, 5.74) is 1.13. The lowest BCUT2D eigenvalue weighted by atomic mass is 9.99. The molecule has 1 aliphatic heterocycles. The fourth-order valence-corrected chi connectivity index (χ4v) is 4.82. The molecule has 0 unspecified atom stereocenters. The van der Waals surface area contributed by atoms with Crippen molar-refractivity contribution < 1.29 is 14.6 Å². The van der Waals surface area contributed by atoms with Crippen molar-refractivity contribution in [3.05, 3.63) is 87.5 Å². The first-order valence-corrected chi connectivity index (χ1v) is 12.3. The molecule has 1 fully saturated rings. The van der Waals surface area contributed by atoms with E-state index in [1.54, 1.807) is 16.6 Å². The molecule has 0 spiro atoms. The summed E-state index contributed by atoms with van der Waals surface area (Å²) in [6, 6.07) is 17.3. The Balaban J connectivity index is 1.71. The SMILES string of the molecule is CCCCc1nc(=O)c(C(=O)N2CC[C@@H](c3ccccc3)C2)c(O)n1[C@@H](C)c1cccc(OC)c1. The lowest BCUT2D eigenvalue weighted by molar-refractivity contribution is 0.0783. The number of rotatable bonds is 8. The van der Waals surface area contributed by atoms with Crippen LogP contribution in [0.2, 0.25) is 0 Å². The van der Waals surface area contributed by atoms with Crippen LogP contribution in [0.15, 0.2) is 59.4 Å². The third-order valence-electron chi connectivity index (χ3n) is 6.85. The second kappa shape index (κ2) is 10.8. The van der Waals surface area contributed by atoms with E-state index in [1.807, 2.05) is 49.4 Å². The summed E-state index contributed by atoms with van der Waals surface area (Å²) in [6.45, 7) is 5.01. The fourth-order valence-electron chi connectivity index (χ4n) is 4.82. The second-order valence-electron chi connectivity index (χ2n) is 9.11. The molecule has 2 heterocycles. The van der Waals surface area contributed by atoms with E-state index in [9.17, 15) is 14.7 Å². The third kappa shape index (κ3) is 5.09. The Hall–Kier alpha value is -3.61. The van der Waals surface area contributed by atoms with Crippen LogP contribution in [0.4, 0.5) is 0 Å². The number of methoxy groups -OCH3 is 1. The molecule has 35 heavy (non-hydrogen) atoms. The largest absolute Gasteiger partial charge is 0.497 e. The van der Waals surface area contributed by atoms with Gasteiger partial charge < -0.3 is 14.7 Å². The van der Waals surface area contributed by atoms with Crippen LogP contribution in [0.5, 0.6) is 11.6 Å². The highest BCUT2D eigenvalue weighted by molar-refractivity contribution is 5.96. The third-order valence-corrected chi connectivity index (χ3v) is 6.85. The van der Waals surface area contributed by atoms with E-state index in [0.717, 1.165) is 24.8 Å². The second-order valence-corrected chi connectivity index (χ2v) is 9.11. The van der Waals surface area contributed by atoms with Gasteiger partial charge in [0.2, 0.25) is 5.88 Å². The number of benzene rings is 2. The van der Waals surface area contributed by atoms with E-state index in [4.69, 9.17) is 4.74 Å². The minimum atomic E-state index is -0.671. The quantitative estimate of drug-likeness (QED) is 0.517. The minimum Gasteiger partial charge on any atom is -0.497 e. The molecule has 7 nitrogen and oxygen atoms in total. The molecule has 0 saturated carbocycles. The number of aromatic nitrogens is 2. The molecule has 4 rings (SSSR count). The van der Waals surface area contributed by atoms with Crippen LogP contribution in [0, 0.1) is 0 Å². The maximum absolute atomic E-state index is 13.5. The molecule has 184 valence electrons. The van der Waals surface area contributed by atoms with E-state index in [0.29, 0.717) is 31.1 Å². The standard InChI is InChI=1S/C28H33N3O4/c1-4-5-14-24-29-26(32)25(27(33)30-16-15-22(18-30)20-10-7-6-8-11-20)28(34)31(24)19(2)21-12-9-13-23(17-21)35-3/h6-13,17,19,22,34H,4-5,14-16,18H2,1-3H3/t19-,22+/m0/s1. The monoisotopic (exact) mass is 475 g/mol. The number of carbonyl (C=O) groups is 1. The van der Waals surface area contributed by atoms with Crippen molar-refractivity contribution >= 4 is 5.91 Å². The van der Waals surface area contributed by atoms with E-state index >= 15 is 0 Å². The maximum Gasteiger partial charge on any atom is 0.289 e. The van der Waals surface area contributed by atoms with Crippen molar-refractivity contribution in [3.8, 4) is 11.6 Å². The topological polar surface area (TPSA) is 84.7 Å². The Bertz CT molecular complexity index is 1240. The number of hydrogen-bond acceptors (Lipinski definition) is 5. The number of unbranched alkanes of at least 4 members (excludes halogenated alkanes) is 1. The summed E-state index contributed by atoms with van der Waals surface area (Å²) < 4.78 is 6.99. The lowest BCUT2D eigenvalue weighted by Gasteiger charge is -2.24. The van der Waals surface area contributed by atoms with Crippen LogP contribution in [0.25, 0.3) is 0 Å². The van der Waals surface area contributed by atoms with Crippen LogP contribution in [0.1, 0.15) is 72.4 Å². The van der Waals surface area contributed by atoms with Gasteiger partial charge in [-0.1, -0.05) is 55.8 Å². The van der Waals surface area contributed by atoms with Gasteiger partial charge in [0.25, 0.3) is 11.5 Å². The van der Waals surface area contributed by atoms with Crippen molar-refractivity contribution in [1.82, 2.24) is 14.5 Å². The van der Waals surface area contributed by atoms with Crippen LogP contribution in [0.3, 0.4) is 0 Å². The van der Waals surface area contributed by atoms with Crippen molar-refractivity contribution in [1.29, 1.82) is 0 Å². The van der Waals surface area contributed by atoms with Crippen LogP contribution in [-0.4, -0.2) is 45.7 Å². The summed E-state index contributed by atoms with van der Waals surface area (Å²) in [6.07, 6.45) is 3.07. The number of ether oxygens (including phenoxy) is 1. The highest BCUT2D eigenvalue weighted by atomic mass is 16.5. The fraction of sp³-hybridized carbons (Fsp3) is 0.393. The Kier molecular flexibility index (Phi) is 7.54. The van der Waals surface area contributed by atoms with Crippen molar-refractivity contribution in [2.45, 2.75) is 51.5 Å². The number of hydrogen-bond donors (Lipinski definition) is 1. The highest BCUT2D eigenvalue weighted by Crippen LogP contribution is 2.32. The lowest BCUT2D eigenvalue weighted by Crippen LogP contribution is -2.35. The van der Waals surface area contributed by atoms with Crippen LogP contribution < -0.4 is 10.3 Å². The van der Waals surface area contributed by atoms with Gasteiger partial charge in [-0.15, -0.1) is 0 Å². The Morgan fingerprint density at radius 1 is 1.20 bits per heavy atom. The van der Waals surface area contributed by atoms with Gasteiger partial charge in [-0.25, -0.2) is 0 Å². The van der Waals surface area contributed by atoms with E-state index in [1.165, 1.54) is 5.56 Å². The van der Waals surface area contributed by atoms with Gasteiger partial charge in [-0.2, -0.15) is 4.98 Å². The molecular formula is C28H33N3O4. The van der Waals surface area contributed by atoms with Gasteiger partial charge in [0.1, 0.15) is 11.6 Å². The number of nitrogens with zero attached hydrogens (tertiary/aromatic N) is 3. The average Bonchev–Trinajstić information content (AvgIpc) is 3.38. The minimum absolute atomic E-state index is 0.206.